The molecule has 1 heterocycles. The third kappa shape index (κ3) is 4.84. The second kappa shape index (κ2) is 9.28. The minimum Gasteiger partial charge on any atom is -0.489 e. The average Bonchev–Trinajstić information content (AvgIpc) is 2.77. The van der Waals surface area contributed by atoms with E-state index in [0.29, 0.717) is 39.8 Å². The number of benzene rings is 3. The first-order valence-corrected chi connectivity index (χ1v) is 10.5. The number of ether oxygens (including phenoxy) is 2. The normalized spacial score (nSPS) is 10.8. The van der Waals surface area contributed by atoms with Gasteiger partial charge in [-0.25, -0.2) is 9.78 Å². The zero-order valence-corrected chi connectivity index (χ0v) is 18.5. The van der Waals surface area contributed by atoms with Gasteiger partial charge in [-0.05, 0) is 55.3 Å². The van der Waals surface area contributed by atoms with Crippen molar-refractivity contribution in [3.63, 3.8) is 0 Å². The second-order valence-corrected chi connectivity index (χ2v) is 7.99. The molecule has 3 aromatic carbocycles. The number of fused-ring (bicyclic) bond motifs is 1. The molecule has 5 nitrogen and oxygen atoms in total. The highest BCUT2D eigenvalue weighted by molar-refractivity contribution is 6.31. The lowest BCUT2D eigenvalue weighted by Crippen LogP contribution is -2.10. The molecule has 0 amide bonds. The molecule has 32 heavy (non-hydrogen) atoms. The zero-order valence-electron chi connectivity index (χ0n) is 17.8. The number of rotatable bonds is 7. The molecule has 0 aliphatic carbocycles. The molecule has 0 aliphatic heterocycles. The quantitative estimate of drug-likeness (QED) is 0.357. The van der Waals surface area contributed by atoms with Gasteiger partial charge in [-0.1, -0.05) is 41.9 Å². The number of carboxylic acid groups (broad SMARTS) is 1. The predicted molar refractivity (Wildman–Crippen MR) is 125 cm³/mol. The summed E-state index contributed by atoms with van der Waals surface area (Å²) in [5, 5.41) is 11.2. The fraction of sp³-hybridized carbons (Fsp3) is 0.154. The number of nitrogens with zero attached hydrogens (tertiary/aromatic N) is 1. The van der Waals surface area contributed by atoms with Crippen molar-refractivity contribution < 1.29 is 19.4 Å². The fourth-order valence-corrected chi connectivity index (χ4v) is 3.70. The van der Waals surface area contributed by atoms with Gasteiger partial charge >= 0.3 is 5.97 Å². The van der Waals surface area contributed by atoms with E-state index in [2.05, 4.69) is 4.98 Å². The highest BCUT2D eigenvalue weighted by Gasteiger charge is 2.16. The molecule has 0 saturated heterocycles. The highest BCUT2D eigenvalue weighted by Crippen LogP contribution is 2.25. The van der Waals surface area contributed by atoms with Crippen molar-refractivity contribution in [3.8, 4) is 11.5 Å². The molecule has 162 valence electrons. The van der Waals surface area contributed by atoms with Gasteiger partial charge in [0.25, 0.3) is 0 Å². The Hall–Kier alpha value is -3.57. The first kappa shape index (κ1) is 21.7. The summed E-state index contributed by atoms with van der Waals surface area (Å²) in [6.45, 7) is 4.13. The van der Waals surface area contributed by atoms with E-state index in [1.807, 2.05) is 67.6 Å². The third-order valence-electron chi connectivity index (χ3n) is 5.26. The van der Waals surface area contributed by atoms with Crippen LogP contribution in [0.5, 0.6) is 11.5 Å². The fourth-order valence-electron chi connectivity index (χ4n) is 3.53. The van der Waals surface area contributed by atoms with E-state index >= 15 is 0 Å². The molecule has 0 fully saturated rings. The van der Waals surface area contributed by atoms with Crippen molar-refractivity contribution in [1.29, 1.82) is 0 Å². The molecule has 0 bridgehead atoms. The maximum absolute atomic E-state index is 11.7. The summed E-state index contributed by atoms with van der Waals surface area (Å²) in [6.07, 6.45) is 0. The number of halogens is 1. The number of pyridine rings is 1. The molecule has 0 unspecified atom stereocenters. The highest BCUT2D eigenvalue weighted by atomic mass is 35.5. The van der Waals surface area contributed by atoms with Crippen LogP contribution in [0.15, 0.2) is 66.7 Å². The van der Waals surface area contributed by atoms with Gasteiger partial charge in [-0.15, -0.1) is 0 Å². The van der Waals surface area contributed by atoms with Crippen LogP contribution >= 0.6 is 11.6 Å². The Bertz CT molecular complexity index is 1300. The van der Waals surface area contributed by atoms with Gasteiger partial charge in [-0.2, -0.15) is 0 Å². The molecule has 0 radical (unpaired) electrons. The van der Waals surface area contributed by atoms with Crippen molar-refractivity contribution in [2.75, 3.05) is 0 Å². The summed E-state index contributed by atoms with van der Waals surface area (Å²) >= 11 is 6.06. The van der Waals surface area contributed by atoms with Crippen LogP contribution in [0.2, 0.25) is 5.02 Å². The van der Waals surface area contributed by atoms with Crippen molar-refractivity contribution in [3.05, 3.63) is 99.7 Å². The molecule has 6 heteroatoms. The number of hydrogen-bond acceptors (Lipinski definition) is 4. The molecule has 0 spiro atoms. The van der Waals surface area contributed by atoms with Crippen LogP contribution in [0, 0.1) is 13.8 Å². The van der Waals surface area contributed by atoms with Gasteiger partial charge in [0.05, 0.1) is 16.8 Å². The number of aryl methyl sites for hydroxylation is 2. The Morgan fingerprint density at radius 2 is 1.59 bits per heavy atom. The van der Waals surface area contributed by atoms with E-state index in [1.165, 1.54) is 0 Å². The van der Waals surface area contributed by atoms with Gasteiger partial charge in [0.15, 0.2) is 0 Å². The minimum atomic E-state index is -0.953. The van der Waals surface area contributed by atoms with Crippen molar-refractivity contribution in [1.82, 2.24) is 4.98 Å². The van der Waals surface area contributed by atoms with Crippen LogP contribution in [0.1, 0.15) is 32.7 Å². The van der Waals surface area contributed by atoms with Crippen LogP contribution in [0.3, 0.4) is 0 Å². The molecule has 0 saturated carbocycles. The summed E-state index contributed by atoms with van der Waals surface area (Å²) in [4.78, 5) is 16.3. The van der Waals surface area contributed by atoms with E-state index < -0.39 is 5.97 Å². The lowest BCUT2D eigenvalue weighted by Gasteiger charge is -2.14. The van der Waals surface area contributed by atoms with E-state index in [9.17, 15) is 9.90 Å². The summed E-state index contributed by atoms with van der Waals surface area (Å²) in [6, 6.07) is 20.5. The Labute approximate surface area is 191 Å². The Kier molecular flexibility index (Phi) is 6.28. The maximum Gasteiger partial charge on any atom is 0.336 e. The molecule has 0 atom stereocenters. The Balaban J connectivity index is 1.46. The van der Waals surface area contributed by atoms with E-state index in [-0.39, 0.29) is 6.61 Å². The first-order valence-electron chi connectivity index (χ1n) is 10.1. The van der Waals surface area contributed by atoms with Crippen molar-refractivity contribution in [2.24, 2.45) is 0 Å². The molecule has 1 N–H and O–H groups in total. The zero-order chi connectivity index (χ0) is 22.7. The summed E-state index contributed by atoms with van der Waals surface area (Å²) in [5.41, 5.74) is 4.15. The lowest BCUT2D eigenvalue weighted by atomic mass is 9.98. The lowest BCUT2D eigenvalue weighted by molar-refractivity contribution is 0.0693. The number of carbonyl (C=O) groups is 1. The van der Waals surface area contributed by atoms with Crippen LogP contribution in [0.25, 0.3) is 10.9 Å². The van der Waals surface area contributed by atoms with Gasteiger partial charge in [-0.3, -0.25) is 0 Å². The number of aromatic nitrogens is 1. The molecular formula is C26H22ClNO4. The van der Waals surface area contributed by atoms with Crippen LogP contribution in [-0.2, 0) is 13.2 Å². The summed E-state index contributed by atoms with van der Waals surface area (Å²) in [7, 11) is 0. The Morgan fingerprint density at radius 3 is 2.34 bits per heavy atom. The molecule has 4 aromatic rings. The second-order valence-electron chi connectivity index (χ2n) is 7.55. The van der Waals surface area contributed by atoms with E-state index in [4.69, 9.17) is 21.1 Å². The van der Waals surface area contributed by atoms with Gasteiger partial charge in [0.2, 0.25) is 0 Å². The number of hydrogen-bond donors (Lipinski definition) is 1. The molecular weight excluding hydrogens is 426 g/mol. The number of carboxylic acids is 1. The van der Waals surface area contributed by atoms with E-state index in [0.717, 1.165) is 22.2 Å². The van der Waals surface area contributed by atoms with Crippen LogP contribution in [0.4, 0.5) is 0 Å². The topological polar surface area (TPSA) is 68.7 Å². The summed E-state index contributed by atoms with van der Waals surface area (Å²) in [5.74, 6) is 0.277. The molecule has 0 aliphatic rings. The van der Waals surface area contributed by atoms with Crippen molar-refractivity contribution in [2.45, 2.75) is 27.1 Å². The smallest absolute Gasteiger partial charge is 0.336 e. The average molecular weight is 448 g/mol. The minimum absolute atomic E-state index is 0.158. The van der Waals surface area contributed by atoms with Gasteiger partial charge in [0, 0.05) is 22.0 Å². The molecule has 1 aromatic heterocycles. The largest absolute Gasteiger partial charge is 0.489 e. The monoisotopic (exact) mass is 447 g/mol. The third-order valence-corrected chi connectivity index (χ3v) is 5.49. The van der Waals surface area contributed by atoms with Crippen LogP contribution in [-0.4, -0.2) is 16.1 Å². The van der Waals surface area contributed by atoms with Gasteiger partial charge < -0.3 is 14.6 Å². The SMILES string of the molecule is Cc1ccc(C)c(C(=O)O)c1COc1cccc(OCc2ccc3ccc(Cl)cc3n2)c1. The Morgan fingerprint density at radius 1 is 0.906 bits per heavy atom. The van der Waals surface area contributed by atoms with Crippen LogP contribution < -0.4 is 9.47 Å². The standard InChI is InChI=1S/C26H22ClNO4/c1-16-6-7-17(2)25(26(29)30)23(16)15-32-22-5-3-4-21(13-22)31-14-20-11-9-18-8-10-19(27)12-24(18)28-20/h3-13H,14-15H2,1-2H3,(H,29,30). The van der Waals surface area contributed by atoms with Crippen molar-refractivity contribution >= 4 is 28.5 Å². The van der Waals surface area contributed by atoms with E-state index in [1.54, 1.807) is 13.0 Å². The first-order chi connectivity index (χ1) is 15.4. The van der Waals surface area contributed by atoms with Gasteiger partial charge in [0.1, 0.15) is 24.7 Å². The molecule has 4 rings (SSSR count). The number of aromatic carboxylic acids is 1. The maximum atomic E-state index is 11.7. The summed E-state index contributed by atoms with van der Waals surface area (Å²) < 4.78 is 11.8. The predicted octanol–water partition coefficient (Wildman–Crippen LogP) is 6.36.